The van der Waals surface area contributed by atoms with Gasteiger partial charge in [-0.15, -0.1) is 0 Å². The largest absolute Gasteiger partial charge is 0.391 e. The molecule has 1 aromatic heterocycles. The second kappa shape index (κ2) is 6.57. The Morgan fingerprint density at radius 2 is 2.29 bits per heavy atom. The lowest BCUT2D eigenvalue weighted by Crippen LogP contribution is -2.46. The molecule has 7 nitrogen and oxygen atoms in total. The Kier molecular flexibility index (Phi) is 5.00. The van der Waals surface area contributed by atoms with E-state index in [0.29, 0.717) is 19.5 Å². The van der Waals surface area contributed by atoms with E-state index in [9.17, 15) is 14.7 Å². The summed E-state index contributed by atoms with van der Waals surface area (Å²) in [7, 11) is 1.70. The Balaban J connectivity index is 1.93. The second-order valence-corrected chi connectivity index (χ2v) is 6.17. The summed E-state index contributed by atoms with van der Waals surface area (Å²) in [5, 5.41) is 13.8. The Morgan fingerprint density at radius 3 is 2.86 bits per heavy atom. The molecule has 1 saturated heterocycles. The van der Waals surface area contributed by atoms with Gasteiger partial charge in [-0.3, -0.25) is 14.3 Å². The molecular weight excluding hydrogens is 340 g/mol. The van der Waals surface area contributed by atoms with Crippen molar-refractivity contribution < 1.29 is 14.7 Å². The third-order valence-corrected chi connectivity index (χ3v) is 4.02. The zero-order valence-electron chi connectivity index (χ0n) is 12.1. The smallest absolute Gasteiger partial charge is 0.245 e. The molecule has 2 heterocycles. The molecule has 1 fully saturated rings. The van der Waals surface area contributed by atoms with Crippen LogP contribution in [0, 0.1) is 0 Å². The second-order valence-electron chi connectivity index (χ2n) is 5.26. The van der Waals surface area contributed by atoms with Gasteiger partial charge in [-0.2, -0.15) is 5.10 Å². The van der Waals surface area contributed by atoms with Crippen LogP contribution in [0.2, 0.25) is 0 Å². The summed E-state index contributed by atoms with van der Waals surface area (Å²) < 4.78 is 2.62. The van der Waals surface area contributed by atoms with Crippen molar-refractivity contribution in [3.05, 3.63) is 16.9 Å². The van der Waals surface area contributed by atoms with Crippen LogP contribution < -0.4 is 0 Å². The summed E-state index contributed by atoms with van der Waals surface area (Å²) in [5.41, 5.74) is 0. The summed E-state index contributed by atoms with van der Waals surface area (Å²) in [4.78, 5) is 27.0. The van der Waals surface area contributed by atoms with Crippen LogP contribution >= 0.6 is 15.9 Å². The first-order valence-electron chi connectivity index (χ1n) is 6.76. The van der Waals surface area contributed by atoms with Crippen LogP contribution in [0.25, 0.3) is 0 Å². The highest BCUT2D eigenvalue weighted by molar-refractivity contribution is 9.10. The molecule has 2 amide bonds. The number of aromatic nitrogens is 2. The quantitative estimate of drug-likeness (QED) is 0.826. The molecular formula is C13H19BrN4O3. The summed E-state index contributed by atoms with van der Waals surface area (Å²) in [6.07, 6.45) is 3.20. The average Bonchev–Trinajstić information content (AvgIpc) is 3.01. The number of aliphatic hydroxyl groups excluding tert-OH is 1. The monoisotopic (exact) mass is 358 g/mol. The Hall–Kier alpha value is -1.41. The molecule has 8 heteroatoms. The molecule has 0 spiro atoms. The Labute approximate surface area is 131 Å². The van der Waals surface area contributed by atoms with E-state index >= 15 is 0 Å². The van der Waals surface area contributed by atoms with E-state index in [-0.39, 0.29) is 18.4 Å². The van der Waals surface area contributed by atoms with E-state index in [1.165, 1.54) is 11.8 Å². The van der Waals surface area contributed by atoms with E-state index in [0.717, 1.165) is 4.47 Å². The molecule has 0 bridgehead atoms. The van der Waals surface area contributed by atoms with Gasteiger partial charge in [0.15, 0.2) is 0 Å². The van der Waals surface area contributed by atoms with Crippen molar-refractivity contribution >= 4 is 27.7 Å². The van der Waals surface area contributed by atoms with Crippen LogP contribution in [0.3, 0.4) is 0 Å². The summed E-state index contributed by atoms with van der Waals surface area (Å²) >= 11 is 3.32. The number of carbonyl (C=O) groups excluding carboxylic acids is 2. The fourth-order valence-corrected chi connectivity index (χ4v) is 2.80. The molecule has 116 valence electrons. The van der Waals surface area contributed by atoms with E-state index in [2.05, 4.69) is 21.0 Å². The molecule has 1 aliphatic heterocycles. The maximum atomic E-state index is 12.4. The minimum Gasteiger partial charge on any atom is -0.391 e. The summed E-state index contributed by atoms with van der Waals surface area (Å²) in [6.45, 7) is 2.71. The third kappa shape index (κ3) is 3.82. The molecule has 21 heavy (non-hydrogen) atoms. The van der Waals surface area contributed by atoms with Crippen LogP contribution in [0.5, 0.6) is 0 Å². The highest BCUT2D eigenvalue weighted by Crippen LogP contribution is 2.19. The predicted molar refractivity (Wildman–Crippen MR) is 79.4 cm³/mol. The van der Waals surface area contributed by atoms with Crippen LogP contribution in [-0.4, -0.2) is 68.8 Å². The number of β-amino-alcohol motifs (C(OH)–C–C–N with tert-alkyl or cyclic N) is 1. The van der Waals surface area contributed by atoms with Gasteiger partial charge in [0.05, 0.1) is 23.3 Å². The molecule has 1 N–H and O–H groups in total. The van der Waals surface area contributed by atoms with Gasteiger partial charge >= 0.3 is 0 Å². The number of halogens is 1. The zero-order chi connectivity index (χ0) is 15.6. The van der Waals surface area contributed by atoms with Gasteiger partial charge in [-0.05, 0) is 15.9 Å². The van der Waals surface area contributed by atoms with Gasteiger partial charge < -0.3 is 14.9 Å². The molecule has 0 unspecified atom stereocenters. The van der Waals surface area contributed by atoms with E-state index in [4.69, 9.17) is 0 Å². The highest BCUT2D eigenvalue weighted by atomic mass is 79.9. The number of rotatable bonds is 4. The standard InChI is InChI=1S/C13H19BrN4O3/c1-9(19)18-8-11(20)5-12(18)13(21)16(2)3-4-17-7-10(14)6-15-17/h6-7,11-12,20H,3-5,8H2,1-2H3/t11-,12-/m1/s1. The number of amides is 2. The van der Waals surface area contributed by atoms with Gasteiger partial charge in [0.2, 0.25) is 11.8 Å². The Morgan fingerprint density at radius 1 is 1.57 bits per heavy atom. The molecule has 0 aromatic carbocycles. The number of nitrogens with zero attached hydrogens (tertiary/aromatic N) is 4. The maximum Gasteiger partial charge on any atom is 0.245 e. The highest BCUT2D eigenvalue weighted by Gasteiger charge is 2.38. The number of likely N-dealkylation sites (N-methyl/N-ethyl adjacent to an activating group) is 1. The van der Waals surface area contributed by atoms with E-state index in [1.807, 2.05) is 6.20 Å². The third-order valence-electron chi connectivity index (χ3n) is 3.61. The maximum absolute atomic E-state index is 12.4. The van der Waals surface area contributed by atoms with Crippen LogP contribution in [0.1, 0.15) is 13.3 Å². The van der Waals surface area contributed by atoms with Gasteiger partial charge in [-0.1, -0.05) is 0 Å². The molecule has 0 saturated carbocycles. The van der Waals surface area contributed by atoms with Crippen molar-refractivity contribution in [2.24, 2.45) is 0 Å². The fourth-order valence-electron chi connectivity index (χ4n) is 2.47. The summed E-state index contributed by atoms with van der Waals surface area (Å²) in [5.74, 6) is -0.331. The minimum absolute atomic E-state index is 0.145. The van der Waals surface area contributed by atoms with E-state index in [1.54, 1.807) is 22.8 Å². The Bertz CT molecular complexity index is 533. The van der Waals surface area contributed by atoms with Crippen molar-refractivity contribution in [2.45, 2.75) is 32.0 Å². The molecule has 1 aliphatic rings. The van der Waals surface area contributed by atoms with Gasteiger partial charge in [0, 0.05) is 39.7 Å². The lowest BCUT2D eigenvalue weighted by molar-refractivity contribution is -0.142. The van der Waals surface area contributed by atoms with Gasteiger partial charge in [0.25, 0.3) is 0 Å². The van der Waals surface area contributed by atoms with E-state index < -0.39 is 12.1 Å². The van der Waals surface area contributed by atoms with Crippen LogP contribution in [-0.2, 0) is 16.1 Å². The number of likely N-dealkylation sites (tertiary alicyclic amines) is 1. The zero-order valence-corrected chi connectivity index (χ0v) is 13.7. The molecule has 0 radical (unpaired) electrons. The first-order chi connectivity index (χ1) is 9.88. The topological polar surface area (TPSA) is 78.7 Å². The minimum atomic E-state index is -0.627. The normalized spacial score (nSPS) is 21.6. The fraction of sp³-hybridized carbons (Fsp3) is 0.615. The van der Waals surface area contributed by atoms with Crippen molar-refractivity contribution in [1.82, 2.24) is 19.6 Å². The first-order valence-corrected chi connectivity index (χ1v) is 7.56. The van der Waals surface area contributed by atoms with Crippen LogP contribution in [0.4, 0.5) is 0 Å². The SMILES string of the molecule is CC(=O)N1C[C@H](O)C[C@@H]1C(=O)N(C)CCn1cc(Br)cn1. The van der Waals surface area contributed by atoms with Crippen molar-refractivity contribution in [3.8, 4) is 0 Å². The summed E-state index contributed by atoms with van der Waals surface area (Å²) in [6, 6.07) is -0.563. The lowest BCUT2D eigenvalue weighted by atomic mass is 10.1. The molecule has 2 atom stereocenters. The van der Waals surface area contributed by atoms with Crippen molar-refractivity contribution in [2.75, 3.05) is 20.1 Å². The van der Waals surface area contributed by atoms with Crippen molar-refractivity contribution in [3.63, 3.8) is 0 Å². The number of aliphatic hydroxyl groups is 1. The van der Waals surface area contributed by atoms with Crippen LogP contribution in [0.15, 0.2) is 16.9 Å². The lowest BCUT2D eigenvalue weighted by Gasteiger charge is -2.26. The predicted octanol–water partition coefficient (Wildman–Crippen LogP) is 0.0857. The van der Waals surface area contributed by atoms with Gasteiger partial charge in [0.1, 0.15) is 6.04 Å². The van der Waals surface area contributed by atoms with Gasteiger partial charge in [-0.25, -0.2) is 0 Å². The molecule has 0 aliphatic carbocycles. The molecule has 1 aromatic rings. The average molecular weight is 359 g/mol. The first kappa shape index (κ1) is 16.0. The number of hydrogen-bond donors (Lipinski definition) is 1. The number of hydrogen-bond acceptors (Lipinski definition) is 4. The van der Waals surface area contributed by atoms with Crippen molar-refractivity contribution in [1.29, 1.82) is 0 Å². The number of carbonyl (C=O) groups is 2. The molecule has 2 rings (SSSR count).